The number of nitrogens with one attached hydrogen (secondary N) is 1. The zero-order valence-corrected chi connectivity index (χ0v) is 20.3. The van der Waals surface area contributed by atoms with Gasteiger partial charge in [0.25, 0.3) is 5.89 Å². The molecule has 2 unspecified atom stereocenters. The largest absolute Gasteiger partial charge is 0.496 e. The average Bonchev–Trinajstić information content (AvgIpc) is 3.32. The van der Waals surface area contributed by atoms with Crippen molar-refractivity contribution in [2.75, 3.05) is 19.5 Å². The summed E-state index contributed by atoms with van der Waals surface area (Å²) in [6, 6.07) is 13.4. The molecule has 0 radical (unpaired) electrons. The van der Waals surface area contributed by atoms with Crippen molar-refractivity contribution in [1.82, 2.24) is 14.7 Å². The lowest BCUT2D eigenvalue weighted by Gasteiger charge is -2.35. The molecule has 3 heterocycles. The summed E-state index contributed by atoms with van der Waals surface area (Å²) >= 11 is 6.44. The lowest BCUT2D eigenvalue weighted by molar-refractivity contribution is 0.128. The summed E-state index contributed by atoms with van der Waals surface area (Å²) in [5, 5.41) is 7.35. The van der Waals surface area contributed by atoms with E-state index in [1.54, 1.807) is 12.1 Å². The lowest BCUT2D eigenvalue weighted by atomic mass is 9.98. The van der Waals surface area contributed by atoms with E-state index in [-0.39, 0.29) is 23.6 Å². The van der Waals surface area contributed by atoms with Gasteiger partial charge in [0.2, 0.25) is 0 Å². The maximum Gasteiger partial charge on any atom is 0.437 e. The smallest absolute Gasteiger partial charge is 0.437 e. The van der Waals surface area contributed by atoms with Gasteiger partial charge in [0, 0.05) is 18.2 Å². The minimum Gasteiger partial charge on any atom is -0.496 e. The Kier molecular flexibility index (Phi) is 6.53. The van der Waals surface area contributed by atoms with Crippen LogP contribution >= 0.6 is 11.6 Å². The standard InChI is InChI=1S/C25H27ClN4O5/c1-29-16-8-9-17(29)11-18(10-16)30-25(32)35-23(28-30)19-12-20(26)21(13-22(19)33-2)27-24(31)34-14-15-6-4-3-5-7-15/h3-7,12-13,16-18H,8-11,14H2,1-2H3,(H,27,31). The summed E-state index contributed by atoms with van der Waals surface area (Å²) in [4.78, 5) is 27.4. The molecule has 1 N–H and O–H groups in total. The van der Waals surface area contributed by atoms with Crippen LogP contribution in [0.3, 0.4) is 0 Å². The first kappa shape index (κ1) is 23.4. The van der Waals surface area contributed by atoms with Crippen LogP contribution in [0.1, 0.15) is 37.3 Å². The van der Waals surface area contributed by atoms with E-state index in [0.717, 1.165) is 31.2 Å². The SMILES string of the molecule is COc1cc(NC(=O)OCc2ccccc2)c(Cl)cc1-c1nn(C2CC3CCC(C2)N3C)c(=O)o1. The monoisotopic (exact) mass is 498 g/mol. The highest BCUT2D eigenvalue weighted by atomic mass is 35.5. The summed E-state index contributed by atoms with van der Waals surface area (Å²) in [5.74, 6) is -0.0262. The Morgan fingerprint density at radius 2 is 1.89 bits per heavy atom. The minimum atomic E-state index is -0.654. The number of piperidine rings is 1. The Labute approximate surface area is 207 Å². The number of carbonyl (C=O) groups excluding carboxylic acids is 1. The van der Waals surface area contributed by atoms with Crippen LogP contribution in [0.5, 0.6) is 5.75 Å². The average molecular weight is 499 g/mol. The van der Waals surface area contributed by atoms with E-state index >= 15 is 0 Å². The Balaban J connectivity index is 1.33. The predicted molar refractivity (Wildman–Crippen MR) is 131 cm³/mol. The van der Waals surface area contributed by atoms with Crippen molar-refractivity contribution in [2.24, 2.45) is 0 Å². The molecule has 35 heavy (non-hydrogen) atoms. The maximum atomic E-state index is 12.7. The molecular weight excluding hydrogens is 472 g/mol. The summed E-state index contributed by atoms with van der Waals surface area (Å²) in [7, 11) is 3.63. The van der Waals surface area contributed by atoms with E-state index in [2.05, 4.69) is 22.4 Å². The number of ether oxygens (including phenoxy) is 2. The van der Waals surface area contributed by atoms with Gasteiger partial charge < -0.3 is 18.8 Å². The van der Waals surface area contributed by atoms with E-state index in [1.165, 1.54) is 11.8 Å². The normalized spacial score (nSPS) is 21.6. The molecule has 2 bridgehead atoms. The first-order valence-corrected chi connectivity index (χ1v) is 12.0. The van der Waals surface area contributed by atoms with Crippen molar-refractivity contribution in [1.29, 1.82) is 0 Å². The highest BCUT2D eigenvalue weighted by molar-refractivity contribution is 6.34. The number of benzene rings is 2. The van der Waals surface area contributed by atoms with Gasteiger partial charge in [-0.2, -0.15) is 4.68 Å². The van der Waals surface area contributed by atoms with E-state index < -0.39 is 11.8 Å². The Morgan fingerprint density at radius 1 is 1.17 bits per heavy atom. The lowest BCUT2D eigenvalue weighted by Crippen LogP contribution is -2.42. The molecule has 5 rings (SSSR count). The van der Waals surface area contributed by atoms with Crippen LogP contribution in [0.15, 0.2) is 51.7 Å². The number of hydrogen-bond donors (Lipinski definition) is 1. The number of rotatable bonds is 6. The zero-order valence-electron chi connectivity index (χ0n) is 19.6. The van der Waals surface area contributed by atoms with E-state index in [9.17, 15) is 9.59 Å². The summed E-state index contributed by atoms with van der Waals surface area (Å²) in [6.07, 6.45) is 3.36. The van der Waals surface area contributed by atoms with Crippen LogP contribution in [-0.2, 0) is 11.3 Å². The fourth-order valence-corrected chi connectivity index (χ4v) is 5.28. The molecule has 2 aliphatic heterocycles. The second kappa shape index (κ2) is 9.75. The third-order valence-electron chi connectivity index (χ3n) is 6.96. The molecule has 2 aliphatic rings. The molecule has 10 heteroatoms. The molecule has 2 atom stereocenters. The predicted octanol–water partition coefficient (Wildman–Crippen LogP) is 4.71. The van der Waals surface area contributed by atoms with Crippen LogP contribution in [0.25, 0.3) is 11.5 Å². The molecule has 1 amide bonds. The molecule has 0 aliphatic carbocycles. The van der Waals surface area contributed by atoms with Crippen molar-refractivity contribution in [2.45, 2.75) is 50.4 Å². The van der Waals surface area contributed by atoms with Gasteiger partial charge in [-0.3, -0.25) is 5.32 Å². The zero-order chi connectivity index (χ0) is 24.5. The minimum absolute atomic E-state index is 0.00417. The maximum absolute atomic E-state index is 12.7. The van der Waals surface area contributed by atoms with E-state index in [0.29, 0.717) is 29.1 Å². The summed E-state index contributed by atoms with van der Waals surface area (Å²) in [5.41, 5.74) is 1.59. The number of anilines is 1. The van der Waals surface area contributed by atoms with Crippen molar-refractivity contribution in [3.05, 3.63) is 63.6 Å². The van der Waals surface area contributed by atoms with Gasteiger partial charge in [-0.1, -0.05) is 41.9 Å². The van der Waals surface area contributed by atoms with Crippen LogP contribution in [0, 0.1) is 0 Å². The van der Waals surface area contributed by atoms with Gasteiger partial charge in [-0.15, -0.1) is 5.10 Å². The first-order chi connectivity index (χ1) is 16.9. The molecule has 9 nitrogen and oxygen atoms in total. The van der Waals surface area contributed by atoms with E-state index in [4.69, 9.17) is 25.5 Å². The molecule has 2 aromatic carbocycles. The Bertz CT molecular complexity index is 1260. The first-order valence-electron chi connectivity index (χ1n) is 11.6. The Hall–Kier alpha value is -3.30. The number of aromatic nitrogens is 2. The van der Waals surface area contributed by atoms with Gasteiger partial charge in [0.1, 0.15) is 12.4 Å². The fourth-order valence-electron chi connectivity index (χ4n) is 5.06. The molecule has 0 saturated carbocycles. The second-order valence-corrected chi connectivity index (χ2v) is 9.42. The molecule has 0 spiro atoms. The fraction of sp³-hybridized carbons (Fsp3) is 0.400. The van der Waals surface area contributed by atoms with Crippen LogP contribution in [0.2, 0.25) is 5.02 Å². The molecule has 2 fully saturated rings. The Morgan fingerprint density at radius 3 is 2.57 bits per heavy atom. The molecule has 2 saturated heterocycles. The van der Waals surface area contributed by atoms with Gasteiger partial charge in [0.15, 0.2) is 0 Å². The number of amides is 1. The second-order valence-electron chi connectivity index (χ2n) is 9.01. The number of carbonyl (C=O) groups is 1. The number of nitrogens with zero attached hydrogens (tertiary/aromatic N) is 3. The van der Waals surface area contributed by atoms with Crippen LogP contribution < -0.4 is 15.8 Å². The highest BCUT2D eigenvalue weighted by Gasteiger charge is 2.40. The van der Waals surface area contributed by atoms with Crippen LogP contribution in [-0.4, -0.2) is 47.0 Å². The summed E-state index contributed by atoms with van der Waals surface area (Å²) in [6.45, 7) is 0.126. The molecule has 184 valence electrons. The molecule has 1 aromatic heterocycles. The summed E-state index contributed by atoms with van der Waals surface area (Å²) < 4.78 is 17.7. The van der Waals surface area contributed by atoms with Crippen LogP contribution in [0.4, 0.5) is 10.5 Å². The highest BCUT2D eigenvalue weighted by Crippen LogP contribution is 2.40. The number of fused-ring (bicyclic) bond motifs is 2. The van der Waals surface area contributed by atoms with Gasteiger partial charge >= 0.3 is 11.8 Å². The number of methoxy groups -OCH3 is 1. The third-order valence-corrected chi connectivity index (χ3v) is 7.27. The molecule has 3 aromatic rings. The van der Waals surface area contributed by atoms with Crippen molar-refractivity contribution < 1.29 is 18.7 Å². The van der Waals surface area contributed by atoms with Gasteiger partial charge in [-0.25, -0.2) is 9.59 Å². The quantitative estimate of drug-likeness (QED) is 0.525. The van der Waals surface area contributed by atoms with Crippen molar-refractivity contribution in [3.63, 3.8) is 0 Å². The van der Waals surface area contributed by atoms with E-state index in [1.807, 2.05) is 30.3 Å². The van der Waals surface area contributed by atoms with Gasteiger partial charge in [-0.05, 0) is 44.4 Å². The number of hydrogen-bond acceptors (Lipinski definition) is 7. The van der Waals surface area contributed by atoms with Crippen molar-refractivity contribution >= 4 is 23.4 Å². The van der Waals surface area contributed by atoms with Crippen molar-refractivity contribution in [3.8, 4) is 17.2 Å². The molecular formula is C25H27ClN4O5. The van der Waals surface area contributed by atoms with Gasteiger partial charge in [0.05, 0.1) is 29.4 Å². The number of halogens is 1. The topological polar surface area (TPSA) is 98.8 Å². The third kappa shape index (κ3) is 4.78.